The summed E-state index contributed by atoms with van der Waals surface area (Å²) in [6, 6.07) is 14.2. The summed E-state index contributed by atoms with van der Waals surface area (Å²) in [6.07, 6.45) is 3.25. The van der Waals surface area contributed by atoms with Gasteiger partial charge < -0.3 is 15.4 Å². The number of hydrogen-bond acceptors (Lipinski definition) is 3. The van der Waals surface area contributed by atoms with Crippen LogP contribution in [0.15, 0.2) is 54.1 Å². The molecular weight excluding hydrogens is 331 g/mol. The van der Waals surface area contributed by atoms with Gasteiger partial charge in [0, 0.05) is 30.1 Å². The normalized spacial score (nSPS) is 22.0. The lowest BCUT2D eigenvalue weighted by Gasteiger charge is -2.34. The van der Waals surface area contributed by atoms with Crippen LogP contribution in [0.5, 0.6) is 5.75 Å². The minimum Gasteiger partial charge on any atom is -0.489 e. The summed E-state index contributed by atoms with van der Waals surface area (Å²) in [5.74, 6) is 0.566. The number of hydrogen-bond donors (Lipinski definition) is 2. The maximum Gasteiger partial charge on any atom is 0.220 e. The van der Waals surface area contributed by atoms with Crippen molar-refractivity contribution >= 4 is 12.0 Å². The number of carbonyl (C=O) groups is 1. The monoisotopic (exact) mass is 352 g/mol. The second kappa shape index (κ2) is 7.30. The first-order chi connectivity index (χ1) is 12.7. The van der Waals surface area contributed by atoms with E-state index in [9.17, 15) is 9.18 Å². The molecule has 2 atom stereocenters. The molecule has 2 aliphatic rings. The molecule has 2 aromatic carbocycles. The van der Waals surface area contributed by atoms with Crippen LogP contribution < -0.4 is 15.4 Å². The Kier molecular flexibility index (Phi) is 4.71. The van der Waals surface area contributed by atoms with E-state index in [0.29, 0.717) is 31.6 Å². The van der Waals surface area contributed by atoms with E-state index in [2.05, 4.69) is 16.7 Å². The molecule has 0 spiro atoms. The molecule has 0 bridgehead atoms. The zero-order valence-electron chi connectivity index (χ0n) is 14.4. The van der Waals surface area contributed by atoms with Gasteiger partial charge in [-0.1, -0.05) is 36.4 Å². The minimum absolute atomic E-state index is 0.0253. The summed E-state index contributed by atoms with van der Waals surface area (Å²) in [5.41, 5.74) is 2.73. The van der Waals surface area contributed by atoms with E-state index < -0.39 is 0 Å². The highest BCUT2D eigenvalue weighted by Crippen LogP contribution is 2.28. The summed E-state index contributed by atoms with van der Waals surface area (Å²) in [6.45, 7) is 1.17. The number of ether oxygens (including phenoxy) is 1. The van der Waals surface area contributed by atoms with Crippen LogP contribution in [0.1, 0.15) is 30.0 Å². The van der Waals surface area contributed by atoms with Gasteiger partial charge in [-0.05, 0) is 30.2 Å². The topological polar surface area (TPSA) is 50.4 Å². The number of fused-ring (bicyclic) bond motifs is 1. The molecule has 4 nitrogen and oxygen atoms in total. The van der Waals surface area contributed by atoms with E-state index in [4.69, 9.17) is 4.74 Å². The number of para-hydroxylation sites is 1. The first-order valence-electron chi connectivity index (χ1n) is 8.89. The number of piperidine rings is 1. The van der Waals surface area contributed by atoms with Crippen LogP contribution in [0.2, 0.25) is 0 Å². The van der Waals surface area contributed by atoms with Gasteiger partial charge in [0.25, 0.3) is 0 Å². The summed E-state index contributed by atoms with van der Waals surface area (Å²) < 4.78 is 20.0. The lowest BCUT2D eigenvalue weighted by molar-refractivity contribution is -0.123. The molecule has 4 rings (SSSR count). The molecule has 0 radical (unpaired) electrons. The molecule has 26 heavy (non-hydrogen) atoms. The van der Waals surface area contributed by atoms with E-state index in [1.807, 2.05) is 24.3 Å². The van der Waals surface area contributed by atoms with Crippen LogP contribution in [-0.4, -0.2) is 25.1 Å². The van der Waals surface area contributed by atoms with Crippen molar-refractivity contribution < 1.29 is 13.9 Å². The predicted molar refractivity (Wildman–Crippen MR) is 98.2 cm³/mol. The molecular formula is C21H21FN2O2. The summed E-state index contributed by atoms with van der Waals surface area (Å²) in [5, 5.41) is 6.42. The fraction of sp³-hybridized carbons (Fsp3) is 0.286. The fourth-order valence-electron chi connectivity index (χ4n) is 3.57. The Morgan fingerprint density at radius 2 is 1.96 bits per heavy atom. The van der Waals surface area contributed by atoms with Gasteiger partial charge in [-0.2, -0.15) is 0 Å². The van der Waals surface area contributed by atoms with E-state index in [0.717, 1.165) is 16.9 Å². The van der Waals surface area contributed by atoms with Gasteiger partial charge >= 0.3 is 0 Å². The number of nitrogens with one attached hydrogen (secondary N) is 2. The largest absolute Gasteiger partial charge is 0.489 e. The lowest BCUT2D eigenvalue weighted by Crippen LogP contribution is -2.49. The molecule has 2 N–H and O–H groups in total. The molecule has 2 aliphatic heterocycles. The minimum atomic E-state index is -0.366. The number of halogens is 1. The van der Waals surface area contributed by atoms with Crippen molar-refractivity contribution in [2.24, 2.45) is 0 Å². The van der Waals surface area contributed by atoms with Crippen LogP contribution in [0.3, 0.4) is 0 Å². The first kappa shape index (κ1) is 16.8. The Morgan fingerprint density at radius 1 is 1.15 bits per heavy atom. The van der Waals surface area contributed by atoms with Gasteiger partial charge in [-0.3, -0.25) is 4.79 Å². The van der Waals surface area contributed by atoms with Crippen molar-refractivity contribution in [3.8, 4) is 5.75 Å². The second-order valence-electron chi connectivity index (χ2n) is 6.72. The highest BCUT2D eigenvalue weighted by Gasteiger charge is 2.31. The van der Waals surface area contributed by atoms with Gasteiger partial charge in [0.05, 0.1) is 6.04 Å². The zero-order valence-corrected chi connectivity index (χ0v) is 14.4. The van der Waals surface area contributed by atoms with Crippen LogP contribution in [0, 0.1) is 5.82 Å². The molecule has 5 heteroatoms. The SMILES string of the molecule is O=C1CC[C@@H](NCC2=Cc3ccccc3OC2)[C@H](c2ccccc2F)N1. The molecule has 0 unspecified atom stereocenters. The summed E-state index contributed by atoms with van der Waals surface area (Å²) in [7, 11) is 0. The lowest BCUT2D eigenvalue weighted by atomic mass is 9.91. The van der Waals surface area contributed by atoms with Gasteiger partial charge in [0.1, 0.15) is 18.2 Å². The third kappa shape index (κ3) is 3.48. The molecule has 0 aromatic heterocycles. The van der Waals surface area contributed by atoms with Crippen molar-refractivity contribution in [2.45, 2.75) is 24.9 Å². The third-order valence-electron chi connectivity index (χ3n) is 4.92. The van der Waals surface area contributed by atoms with Gasteiger partial charge in [-0.15, -0.1) is 0 Å². The van der Waals surface area contributed by atoms with Crippen LogP contribution in [0.25, 0.3) is 6.08 Å². The highest BCUT2D eigenvalue weighted by molar-refractivity contribution is 5.77. The predicted octanol–water partition coefficient (Wildman–Crippen LogP) is 3.21. The van der Waals surface area contributed by atoms with Gasteiger partial charge in [-0.25, -0.2) is 4.39 Å². The third-order valence-corrected chi connectivity index (χ3v) is 4.92. The maximum atomic E-state index is 14.2. The van der Waals surface area contributed by atoms with E-state index in [1.165, 1.54) is 6.07 Å². The molecule has 1 amide bonds. The Bertz CT molecular complexity index is 849. The van der Waals surface area contributed by atoms with Crippen molar-refractivity contribution in [1.82, 2.24) is 10.6 Å². The Labute approximate surface area is 152 Å². The van der Waals surface area contributed by atoms with E-state index in [-0.39, 0.29) is 23.8 Å². The first-order valence-corrected chi connectivity index (χ1v) is 8.89. The van der Waals surface area contributed by atoms with E-state index in [1.54, 1.807) is 18.2 Å². The maximum absolute atomic E-state index is 14.2. The quantitative estimate of drug-likeness (QED) is 0.888. The number of benzene rings is 2. The fourth-order valence-corrected chi connectivity index (χ4v) is 3.57. The average Bonchev–Trinajstić information content (AvgIpc) is 2.67. The second-order valence-corrected chi connectivity index (χ2v) is 6.72. The smallest absolute Gasteiger partial charge is 0.220 e. The molecule has 1 saturated heterocycles. The van der Waals surface area contributed by atoms with Crippen molar-refractivity contribution in [2.75, 3.05) is 13.2 Å². The van der Waals surface area contributed by atoms with Crippen LogP contribution >= 0.6 is 0 Å². The Hall–Kier alpha value is -2.66. The highest BCUT2D eigenvalue weighted by atomic mass is 19.1. The average molecular weight is 352 g/mol. The zero-order chi connectivity index (χ0) is 17.9. The molecule has 1 fully saturated rings. The molecule has 2 aromatic rings. The standard InChI is InChI=1S/C21H21FN2O2/c22-17-7-3-2-6-16(17)21-18(9-10-20(25)24-21)23-12-14-11-15-5-1-4-8-19(15)26-13-14/h1-8,11,18,21,23H,9-10,12-13H2,(H,24,25)/t18-,21+/m1/s1. The van der Waals surface area contributed by atoms with Crippen LogP contribution in [0.4, 0.5) is 4.39 Å². The molecule has 2 heterocycles. The molecule has 0 aliphatic carbocycles. The molecule has 134 valence electrons. The summed E-state index contributed by atoms with van der Waals surface area (Å²) >= 11 is 0. The van der Waals surface area contributed by atoms with Crippen molar-refractivity contribution in [3.05, 3.63) is 71.0 Å². The van der Waals surface area contributed by atoms with E-state index >= 15 is 0 Å². The number of carbonyl (C=O) groups excluding carboxylic acids is 1. The van der Waals surface area contributed by atoms with Gasteiger partial charge in [0.15, 0.2) is 0 Å². The number of rotatable bonds is 4. The van der Waals surface area contributed by atoms with Gasteiger partial charge in [0.2, 0.25) is 5.91 Å². The summed E-state index contributed by atoms with van der Waals surface area (Å²) in [4.78, 5) is 11.9. The Morgan fingerprint density at radius 3 is 2.85 bits per heavy atom. The number of amides is 1. The van der Waals surface area contributed by atoms with Crippen molar-refractivity contribution in [1.29, 1.82) is 0 Å². The van der Waals surface area contributed by atoms with Crippen LogP contribution in [-0.2, 0) is 4.79 Å². The molecule has 0 saturated carbocycles. The Balaban J connectivity index is 1.49. The van der Waals surface area contributed by atoms with Crippen molar-refractivity contribution in [3.63, 3.8) is 0 Å².